The SMILES string of the molecule is Cc1ccc(NS(=O)(=O)c2ccc3c(c2)sc(=O)n3C)c(C)c1. The number of aryl methyl sites for hydroxylation is 3. The highest BCUT2D eigenvalue weighted by Gasteiger charge is 2.17. The molecule has 0 amide bonds. The predicted octanol–water partition coefficient (Wildman–Crippen LogP) is 3.02. The number of nitrogens with one attached hydrogen (secondary N) is 1. The number of nitrogens with zero attached hydrogens (tertiary/aromatic N) is 1. The van der Waals surface area contributed by atoms with Crippen molar-refractivity contribution in [1.82, 2.24) is 4.57 Å². The molecule has 0 atom stereocenters. The summed E-state index contributed by atoms with van der Waals surface area (Å²) < 4.78 is 29.9. The summed E-state index contributed by atoms with van der Waals surface area (Å²) >= 11 is 1.04. The highest BCUT2D eigenvalue weighted by molar-refractivity contribution is 7.92. The number of benzene rings is 2. The molecule has 23 heavy (non-hydrogen) atoms. The Morgan fingerprint density at radius 1 is 1.09 bits per heavy atom. The molecular weight excluding hydrogens is 332 g/mol. The van der Waals surface area contributed by atoms with Crippen LogP contribution in [0.3, 0.4) is 0 Å². The third-order valence-corrected chi connectivity index (χ3v) is 6.06. The molecule has 7 heteroatoms. The second-order valence-electron chi connectivity index (χ2n) is 5.48. The molecule has 1 heterocycles. The minimum atomic E-state index is -3.70. The van der Waals surface area contributed by atoms with Crippen molar-refractivity contribution >= 4 is 37.3 Å². The number of rotatable bonds is 3. The number of fused-ring (bicyclic) bond motifs is 1. The first-order valence-electron chi connectivity index (χ1n) is 6.97. The van der Waals surface area contributed by atoms with Crippen LogP contribution in [0, 0.1) is 13.8 Å². The topological polar surface area (TPSA) is 68.2 Å². The standard InChI is InChI=1S/C16H16N2O3S2/c1-10-4-6-13(11(2)8-10)17-23(20,21)12-5-7-14-15(9-12)22-16(19)18(14)3/h4-9,17H,1-3H3. The third-order valence-electron chi connectivity index (χ3n) is 3.70. The second kappa shape index (κ2) is 5.50. The van der Waals surface area contributed by atoms with Gasteiger partial charge in [-0.3, -0.25) is 9.52 Å². The van der Waals surface area contributed by atoms with E-state index in [-0.39, 0.29) is 9.77 Å². The van der Waals surface area contributed by atoms with E-state index in [9.17, 15) is 13.2 Å². The van der Waals surface area contributed by atoms with E-state index < -0.39 is 10.0 Å². The van der Waals surface area contributed by atoms with Crippen LogP contribution in [-0.2, 0) is 17.1 Å². The third kappa shape index (κ3) is 2.89. The average Bonchev–Trinajstić information content (AvgIpc) is 2.77. The lowest BCUT2D eigenvalue weighted by molar-refractivity contribution is 0.601. The molecule has 0 fully saturated rings. The van der Waals surface area contributed by atoms with Gasteiger partial charge in [0.05, 0.1) is 20.8 Å². The van der Waals surface area contributed by atoms with E-state index >= 15 is 0 Å². The van der Waals surface area contributed by atoms with Gasteiger partial charge in [0.25, 0.3) is 10.0 Å². The van der Waals surface area contributed by atoms with Gasteiger partial charge in [-0.15, -0.1) is 0 Å². The lowest BCUT2D eigenvalue weighted by atomic mass is 10.1. The molecule has 2 aromatic carbocycles. The van der Waals surface area contributed by atoms with Crippen LogP contribution in [0.25, 0.3) is 10.2 Å². The van der Waals surface area contributed by atoms with Crippen LogP contribution in [0.4, 0.5) is 5.69 Å². The molecule has 0 bridgehead atoms. The number of anilines is 1. The van der Waals surface area contributed by atoms with Gasteiger partial charge in [0.2, 0.25) is 0 Å². The summed E-state index contributed by atoms with van der Waals surface area (Å²) in [4.78, 5) is 11.7. The second-order valence-corrected chi connectivity index (χ2v) is 8.16. The summed E-state index contributed by atoms with van der Waals surface area (Å²) in [6.07, 6.45) is 0. The number of hydrogen-bond acceptors (Lipinski definition) is 4. The van der Waals surface area contributed by atoms with Crippen molar-refractivity contribution in [2.75, 3.05) is 4.72 Å². The fourth-order valence-electron chi connectivity index (χ4n) is 2.41. The molecule has 1 aromatic heterocycles. The van der Waals surface area contributed by atoms with E-state index in [4.69, 9.17) is 0 Å². The summed E-state index contributed by atoms with van der Waals surface area (Å²) in [7, 11) is -2.03. The Balaban J connectivity index is 2.04. The quantitative estimate of drug-likeness (QED) is 0.791. The maximum Gasteiger partial charge on any atom is 0.307 e. The Labute approximate surface area is 138 Å². The first kappa shape index (κ1) is 15.8. The van der Waals surface area contributed by atoms with Crippen molar-refractivity contribution in [3.8, 4) is 0 Å². The summed E-state index contributed by atoms with van der Waals surface area (Å²) in [5.41, 5.74) is 3.21. The van der Waals surface area contributed by atoms with Crippen molar-refractivity contribution in [1.29, 1.82) is 0 Å². The molecule has 5 nitrogen and oxygen atoms in total. The van der Waals surface area contributed by atoms with Crippen LogP contribution >= 0.6 is 11.3 Å². The van der Waals surface area contributed by atoms with Gasteiger partial charge in [0.1, 0.15) is 0 Å². The molecule has 0 spiro atoms. The zero-order valence-corrected chi connectivity index (χ0v) is 14.6. The molecule has 3 aromatic rings. The number of sulfonamides is 1. The van der Waals surface area contributed by atoms with Crippen LogP contribution in [0.15, 0.2) is 46.1 Å². The van der Waals surface area contributed by atoms with Crippen LogP contribution in [0.2, 0.25) is 0 Å². The molecule has 3 rings (SSSR count). The number of hydrogen-bond donors (Lipinski definition) is 1. The maximum atomic E-state index is 12.6. The van der Waals surface area contributed by atoms with E-state index in [0.29, 0.717) is 10.4 Å². The summed E-state index contributed by atoms with van der Waals surface area (Å²) in [6.45, 7) is 3.81. The summed E-state index contributed by atoms with van der Waals surface area (Å²) in [5.74, 6) is 0. The van der Waals surface area contributed by atoms with E-state index in [1.807, 2.05) is 26.0 Å². The summed E-state index contributed by atoms with van der Waals surface area (Å²) in [5, 5.41) is 0. The molecule has 0 aliphatic carbocycles. The van der Waals surface area contributed by atoms with Gasteiger partial charge >= 0.3 is 4.87 Å². The number of thiazole rings is 1. The smallest absolute Gasteiger partial charge is 0.302 e. The van der Waals surface area contributed by atoms with Crippen molar-refractivity contribution in [2.24, 2.45) is 7.05 Å². The Hall–Kier alpha value is -2.12. The van der Waals surface area contributed by atoms with Crippen molar-refractivity contribution in [3.63, 3.8) is 0 Å². The van der Waals surface area contributed by atoms with E-state index in [2.05, 4.69) is 4.72 Å². The Kier molecular flexibility index (Phi) is 3.77. The fourth-order valence-corrected chi connectivity index (χ4v) is 4.56. The zero-order valence-electron chi connectivity index (χ0n) is 13.0. The molecular formula is C16H16N2O3S2. The highest BCUT2D eigenvalue weighted by Crippen LogP contribution is 2.24. The lowest BCUT2D eigenvalue weighted by Crippen LogP contribution is -2.13. The average molecular weight is 348 g/mol. The van der Waals surface area contributed by atoms with Gasteiger partial charge in [-0.25, -0.2) is 8.42 Å². The number of aromatic nitrogens is 1. The monoisotopic (exact) mass is 348 g/mol. The molecule has 0 saturated heterocycles. The molecule has 0 aliphatic rings. The van der Waals surface area contributed by atoms with E-state index in [0.717, 1.165) is 28.0 Å². The Morgan fingerprint density at radius 3 is 2.52 bits per heavy atom. The zero-order chi connectivity index (χ0) is 16.8. The molecule has 0 aliphatic heterocycles. The highest BCUT2D eigenvalue weighted by atomic mass is 32.2. The van der Waals surface area contributed by atoms with Crippen molar-refractivity contribution in [3.05, 3.63) is 57.2 Å². The van der Waals surface area contributed by atoms with Crippen LogP contribution < -0.4 is 9.60 Å². The molecule has 1 N–H and O–H groups in total. The van der Waals surface area contributed by atoms with Gasteiger partial charge in [-0.1, -0.05) is 29.0 Å². The van der Waals surface area contributed by atoms with Crippen LogP contribution in [0.5, 0.6) is 0 Å². The van der Waals surface area contributed by atoms with Gasteiger partial charge in [-0.05, 0) is 43.7 Å². The van der Waals surface area contributed by atoms with Crippen molar-refractivity contribution < 1.29 is 8.42 Å². The summed E-state index contributed by atoms with van der Waals surface area (Å²) in [6, 6.07) is 10.2. The Bertz CT molecular complexity index is 1060. The first-order chi connectivity index (χ1) is 10.8. The van der Waals surface area contributed by atoms with Gasteiger partial charge in [-0.2, -0.15) is 0 Å². The molecule has 0 unspecified atom stereocenters. The fraction of sp³-hybridized carbons (Fsp3) is 0.188. The molecule has 0 saturated carbocycles. The molecule has 120 valence electrons. The predicted molar refractivity (Wildman–Crippen MR) is 93.8 cm³/mol. The van der Waals surface area contributed by atoms with E-state index in [1.165, 1.54) is 16.7 Å². The van der Waals surface area contributed by atoms with Gasteiger partial charge < -0.3 is 4.57 Å². The normalized spacial score (nSPS) is 11.8. The molecule has 0 radical (unpaired) electrons. The minimum Gasteiger partial charge on any atom is -0.302 e. The van der Waals surface area contributed by atoms with E-state index in [1.54, 1.807) is 19.2 Å². The van der Waals surface area contributed by atoms with Crippen LogP contribution in [-0.4, -0.2) is 13.0 Å². The van der Waals surface area contributed by atoms with Crippen molar-refractivity contribution in [2.45, 2.75) is 18.7 Å². The minimum absolute atomic E-state index is 0.114. The lowest BCUT2D eigenvalue weighted by Gasteiger charge is -2.11. The van der Waals surface area contributed by atoms with Gasteiger partial charge in [0.15, 0.2) is 0 Å². The maximum absolute atomic E-state index is 12.6. The van der Waals surface area contributed by atoms with Gasteiger partial charge in [0, 0.05) is 7.05 Å². The Morgan fingerprint density at radius 2 is 1.83 bits per heavy atom. The first-order valence-corrected chi connectivity index (χ1v) is 9.27. The van der Waals surface area contributed by atoms with Crippen LogP contribution in [0.1, 0.15) is 11.1 Å². The largest absolute Gasteiger partial charge is 0.307 e.